The van der Waals surface area contributed by atoms with Gasteiger partial charge in [0.05, 0.1) is 36.0 Å². The van der Waals surface area contributed by atoms with E-state index in [-0.39, 0.29) is 36.3 Å². The number of aliphatic hydroxyl groups is 1. The molecule has 1 aromatic heterocycles. The summed E-state index contributed by atoms with van der Waals surface area (Å²) in [4.78, 5) is 28.2. The number of rotatable bonds is 4. The van der Waals surface area contributed by atoms with Gasteiger partial charge in [-0.1, -0.05) is 0 Å². The minimum absolute atomic E-state index is 0.0941. The van der Waals surface area contributed by atoms with E-state index in [0.717, 1.165) is 31.0 Å². The number of nitrogens with zero attached hydrogens (tertiary/aromatic N) is 4. The fraction of sp³-hybridized carbons (Fsp3) is 0.417. The predicted octanol–water partition coefficient (Wildman–Crippen LogP) is 2.61. The van der Waals surface area contributed by atoms with Gasteiger partial charge in [0.15, 0.2) is 0 Å². The first-order valence-corrected chi connectivity index (χ1v) is 11.0. The van der Waals surface area contributed by atoms with Crippen molar-refractivity contribution in [2.75, 3.05) is 11.9 Å². The summed E-state index contributed by atoms with van der Waals surface area (Å²) in [6, 6.07) is 2.33. The molecule has 0 radical (unpaired) electrons. The molecule has 4 atom stereocenters. The maximum absolute atomic E-state index is 14.6. The van der Waals surface area contributed by atoms with E-state index in [1.807, 2.05) is 0 Å². The Morgan fingerprint density at radius 1 is 1.27 bits per heavy atom. The lowest BCUT2D eigenvalue weighted by Crippen LogP contribution is -2.38. The summed E-state index contributed by atoms with van der Waals surface area (Å²) in [6.45, 7) is 0.425. The molecule has 0 spiro atoms. The summed E-state index contributed by atoms with van der Waals surface area (Å²) in [5.41, 5.74) is 1.35. The Labute approximate surface area is 190 Å². The molecule has 9 heteroatoms. The maximum Gasteiger partial charge on any atom is 0.273 e. The Morgan fingerprint density at radius 3 is 2.88 bits per heavy atom. The van der Waals surface area contributed by atoms with Gasteiger partial charge in [-0.05, 0) is 43.9 Å². The van der Waals surface area contributed by atoms with Crippen molar-refractivity contribution < 1.29 is 18.7 Å². The third kappa shape index (κ3) is 3.85. The number of benzene rings is 1. The van der Waals surface area contributed by atoms with E-state index in [1.54, 1.807) is 0 Å². The Bertz CT molecular complexity index is 1180. The van der Waals surface area contributed by atoms with Crippen LogP contribution in [0.3, 0.4) is 0 Å². The van der Waals surface area contributed by atoms with Crippen molar-refractivity contribution in [2.45, 2.75) is 50.4 Å². The molecule has 2 aliphatic heterocycles. The maximum atomic E-state index is 14.6. The molecule has 2 aromatic rings. The molecular formula is C24H23F2N5O2. The summed E-state index contributed by atoms with van der Waals surface area (Å²) >= 11 is 0. The van der Waals surface area contributed by atoms with Gasteiger partial charge in [0, 0.05) is 18.0 Å². The fourth-order valence-corrected chi connectivity index (χ4v) is 4.97. The third-order valence-electron chi connectivity index (χ3n) is 6.67. The largest absolute Gasteiger partial charge is 0.391 e. The molecule has 5 rings (SSSR count). The van der Waals surface area contributed by atoms with Crippen LogP contribution in [0.5, 0.6) is 0 Å². The molecule has 7 nitrogen and oxygen atoms in total. The van der Waals surface area contributed by atoms with Gasteiger partial charge in [0.2, 0.25) is 0 Å². The van der Waals surface area contributed by atoms with Gasteiger partial charge < -0.3 is 15.3 Å². The molecule has 1 aromatic carbocycles. The van der Waals surface area contributed by atoms with Crippen LogP contribution in [0.2, 0.25) is 0 Å². The van der Waals surface area contributed by atoms with Gasteiger partial charge >= 0.3 is 0 Å². The van der Waals surface area contributed by atoms with E-state index in [2.05, 4.69) is 26.2 Å². The van der Waals surface area contributed by atoms with Gasteiger partial charge in [-0.25, -0.2) is 18.7 Å². The second-order valence-corrected chi connectivity index (χ2v) is 8.70. The van der Waals surface area contributed by atoms with Crippen LogP contribution in [0.1, 0.15) is 48.5 Å². The molecule has 1 saturated heterocycles. The quantitative estimate of drug-likeness (QED) is 0.698. The van der Waals surface area contributed by atoms with E-state index in [1.165, 1.54) is 11.2 Å². The highest BCUT2D eigenvalue weighted by Crippen LogP contribution is 2.38. The summed E-state index contributed by atoms with van der Waals surface area (Å²) in [6.07, 6.45) is 9.24. The number of likely N-dealkylation sites (tertiary alicyclic amines) is 1. The number of carbonyl (C=O) groups excluding carboxylic acids is 1. The standard InChI is InChI=1S/C24H23F2N5O2/c1-2-13-8-19(15-9-14(25)6-7-16(15)26)31(11-13)24(33)22-21-18(10-27-22)28-12-29-23(21)30-17-4-3-5-20(17)32/h1,6-7,9,12-13,17,19-20,32H,3-5,8,10-11H2,(H,28,29,30)/t13-,17+,19+,20+/m0/s1. The van der Waals surface area contributed by atoms with Crippen LogP contribution in [-0.2, 0) is 11.3 Å². The number of halogens is 2. The number of aliphatic hydroxyl groups excluding tert-OH is 1. The summed E-state index contributed by atoms with van der Waals surface area (Å²) in [7, 11) is 0. The molecule has 1 saturated carbocycles. The molecule has 0 unspecified atom stereocenters. The number of aliphatic imine (C=N–C) groups is 1. The number of hydrogen-bond donors (Lipinski definition) is 2. The molecule has 2 fully saturated rings. The summed E-state index contributed by atoms with van der Waals surface area (Å²) in [5.74, 6) is 1.19. The molecular weight excluding hydrogens is 428 g/mol. The van der Waals surface area contributed by atoms with Crippen molar-refractivity contribution in [3.8, 4) is 12.3 Å². The van der Waals surface area contributed by atoms with Crippen LogP contribution in [0.4, 0.5) is 14.6 Å². The minimum atomic E-state index is -0.710. The highest BCUT2D eigenvalue weighted by atomic mass is 19.1. The first-order valence-electron chi connectivity index (χ1n) is 11.0. The minimum Gasteiger partial charge on any atom is -0.391 e. The third-order valence-corrected chi connectivity index (χ3v) is 6.67. The van der Waals surface area contributed by atoms with Crippen LogP contribution in [0, 0.1) is 29.9 Å². The number of amides is 1. The molecule has 2 N–H and O–H groups in total. The van der Waals surface area contributed by atoms with E-state index in [9.17, 15) is 18.7 Å². The van der Waals surface area contributed by atoms with E-state index in [4.69, 9.17) is 6.42 Å². The van der Waals surface area contributed by atoms with Crippen LogP contribution in [-0.4, -0.2) is 50.3 Å². The van der Waals surface area contributed by atoms with Crippen LogP contribution < -0.4 is 5.32 Å². The van der Waals surface area contributed by atoms with E-state index >= 15 is 0 Å². The van der Waals surface area contributed by atoms with E-state index in [0.29, 0.717) is 29.9 Å². The van der Waals surface area contributed by atoms with E-state index < -0.39 is 29.7 Å². The molecule has 1 aliphatic carbocycles. The Hall–Kier alpha value is -3.38. The average molecular weight is 451 g/mol. The van der Waals surface area contributed by atoms with Crippen LogP contribution >= 0.6 is 0 Å². The lowest BCUT2D eigenvalue weighted by atomic mass is 9.99. The number of nitrogens with one attached hydrogen (secondary N) is 1. The first kappa shape index (κ1) is 21.5. The summed E-state index contributed by atoms with van der Waals surface area (Å²) < 4.78 is 28.5. The molecule has 3 aliphatic rings. The smallest absolute Gasteiger partial charge is 0.273 e. The average Bonchev–Trinajstić information content (AvgIpc) is 3.54. The number of terminal acetylenes is 1. The van der Waals surface area contributed by atoms with Crippen molar-refractivity contribution >= 4 is 17.4 Å². The predicted molar refractivity (Wildman–Crippen MR) is 117 cm³/mol. The zero-order chi connectivity index (χ0) is 23.1. The van der Waals surface area contributed by atoms with Gasteiger partial charge in [-0.15, -0.1) is 12.3 Å². The Kier molecular flexibility index (Phi) is 5.54. The van der Waals surface area contributed by atoms with Crippen molar-refractivity contribution in [2.24, 2.45) is 10.9 Å². The Balaban J connectivity index is 1.48. The molecule has 1 amide bonds. The van der Waals surface area contributed by atoms with Gasteiger partial charge in [-0.3, -0.25) is 9.79 Å². The zero-order valence-electron chi connectivity index (χ0n) is 17.8. The van der Waals surface area contributed by atoms with Crippen molar-refractivity contribution in [1.29, 1.82) is 0 Å². The molecule has 33 heavy (non-hydrogen) atoms. The number of hydrogen-bond acceptors (Lipinski definition) is 6. The summed E-state index contributed by atoms with van der Waals surface area (Å²) in [5, 5.41) is 13.5. The highest BCUT2D eigenvalue weighted by molar-refractivity contribution is 6.47. The second-order valence-electron chi connectivity index (χ2n) is 8.70. The number of aromatic nitrogens is 2. The zero-order valence-corrected chi connectivity index (χ0v) is 17.8. The van der Waals surface area contributed by atoms with Gasteiger partial charge in [-0.2, -0.15) is 0 Å². The number of fused-ring (bicyclic) bond motifs is 1. The molecule has 170 valence electrons. The molecule has 0 bridgehead atoms. The first-order chi connectivity index (χ1) is 16.0. The highest BCUT2D eigenvalue weighted by Gasteiger charge is 2.41. The SMILES string of the molecule is C#C[C@H]1C[C@H](c2cc(F)ccc2F)N(C(=O)C2=NCc3ncnc(N[C@@H]4CCC[C@H]4O)c32)C1. The second kappa shape index (κ2) is 8.52. The number of carbonyl (C=O) groups is 1. The van der Waals surface area contributed by atoms with Crippen LogP contribution in [0.15, 0.2) is 29.5 Å². The van der Waals surface area contributed by atoms with Crippen LogP contribution in [0.25, 0.3) is 0 Å². The fourth-order valence-electron chi connectivity index (χ4n) is 4.97. The normalized spacial score (nSPS) is 26.1. The molecule has 3 heterocycles. The monoisotopic (exact) mass is 451 g/mol. The van der Waals surface area contributed by atoms with Crippen molar-refractivity contribution in [3.63, 3.8) is 0 Å². The van der Waals surface area contributed by atoms with Crippen molar-refractivity contribution in [3.05, 3.63) is 53.0 Å². The van der Waals surface area contributed by atoms with Gasteiger partial charge in [0.1, 0.15) is 29.5 Å². The van der Waals surface area contributed by atoms with Gasteiger partial charge in [0.25, 0.3) is 5.91 Å². The lowest BCUT2D eigenvalue weighted by molar-refractivity contribution is -0.125. The Morgan fingerprint density at radius 2 is 2.12 bits per heavy atom. The van der Waals surface area contributed by atoms with Crippen molar-refractivity contribution in [1.82, 2.24) is 14.9 Å². The lowest BCUT2D eigenvalue weighted by Gasteiger charge is -2.26. The topological polar surface area (TPSA) is 90.7 Å². The number of anilines is 1.